The number of benzene rings is 2. The molecule has 7 nitrogen and oxygen atoms in total. The average Bonchev–Trinajstić information content (AvgIpc) is 3.11. The Labute approximate surface area is 196 Å². The number of ether oxygens (including phenoxy) is 2. The lowest BCUT2D eigenvalue weighted by atomic mass is 9.83. The van der Waals surface area contributed by atoms with E-state index in [0.717, 1.165) is 28.0 Å². The van der Waals surface area contributed by atoms with E-state index < -0.39 is 11.7 Å². The minimum absolute atomic E-state index is 0.0856. The van der Waals surface area contributed by atoms with E-state index in [1.807, 2.05) is 45.0 Å². The van der Waals surface area contributed by atoms with E-state index in [1.54, 1.807) is 6.92 Å². The third kappa shape index (κ3) is 4.32. The summed E-state index contributed by atoms with van der Waals surface area (Å²) in [7, 11) is 0. The lowest BCUT2D eigenvalue weighted by Crippen LogP contribution is -2.46. The number of hydrogen-bond donors (Lipinski definition) is 4. The Morgan fingerprint density at radius 2 is 1.85 bits per heavy atom. The van der Waals surface area contributed by atoms with Gasteiger partial charge in [-0.1, -0.05) is 30.4 Å². The SMILES string of the molecule is CCC1(COc2ccc(Cc3sc(=O)[nH]c3O)cc2)CC(O)c2c(C)c(O)c(C)c(C)c2O1. The van der Waals surface area contributed by atoms with Gasteiger partial charge in [0, 0.05) is 24.0 Å². The van der Waals surface area contributed by atoms with Gasteiger partial charge in [0.2, 0.25) is 5.88 Å². The van der Waals surface area contributed by atoms with Crippen LogP contribution in [0.2, 0.25) is 0 Å². The normalized spacial score (nSPS) is 19.7. The Kier molecular flexibility index (Phi) is 6.16. The van der Waals surface area contributed by atoms with Gasteiger partial charge >= 0.3 is 4.87 Å². The van der Waals surface area contributed by atoms with Crippen LogP contribution in [0, 0.1) is 20.8 Å². The first kappa shape index (κ1) is 23.2. The minimum Gasteiger partial charge on any atom is -0.507 e. The molecular formula is C25H29NO6S. The fraction of sp³-hybridized carbons (Fsp3) is 0.400. The van der Waals surface area contributed by atoms with Gasteiger partial charge in [0.05, 0.1) is 11.0 Å². The molecule has 1 aliphatic heterocycles. The molecule has 1 aliphatic rings. The fourth-order valence-corrected chi connectivity index (χ4v) is 5.12. The first-order valence-electron chi connectivity index (χ1n) is 11.0. The molecule has 176 valence electrons. The summed E-state index contributed by atoms with van der Waals surface area (Å²) in [5.74, 6) is 1.41. The second-order valence-electron chi connectivity index (χ2n) is 8.72. The summed E-state index contributed by atoms with van der Waals surface area (Å²) in [6, 6.07) is 7.47. The van der Waals surface area contributed by atoms with E-state index in [2.05, 4.69) is 4.98 Å². The van der Waals surface area contributed by atoms with Gasteiger partial charge in [-0.3, -0.25) is 9.78 Å². The van der Waals surface area contributed by atoms with Crippen LogP contribution in [0.1, 0.15) is 58.6 Å². The standard InChI is InChI=1S/C25H29NO6S/c1-5-25(11-18(27)20-15(4)21(28)13(2)14(3)22(20)32-25)12-31-17-8-6-16(7-9-17)10-19-23(29)26-24(30)33-19/h6-9,18,27-29H,5,10-12H2,1-4H3,(H,26,30). The second-order valence-corrected chi connectivity index (χ2v) is 9.79. The first-order valence-corrected chi connectivity index (χ1v) is 11.8. The van der Waals surface area contributed by atoms with Crippen LogP contribution in [-0.2, 0) is 6.42 Å². The number of phenolic OH excluding ortho intramolecular Hbond substituents is 1. The van der Waals surface area contributed by atoms with E-state index in [-0.39, 0.29) is 23.1 Å². The maximum atomic E-state index is 11.4. The zero-order chi connectivity index (χ0) is 23.9. The Bertz CT molecular complexity index is 1230. The maximum Gasteiger partial charge on any atom is 0.307 e. The topological polar surface area (TPSA) is 112 Å². The molecule has 0 fully saturated rings. The number of phenols is 1. The van der Waals surface area contributed by atoms with Crippen LogP contribution in [0.3, 0.4) is 0 Å². The van der Waals surface area contributed by atoms with Gasteiger partial charge < -0.3 is 24.8 Å². The van der Waals surface area contributed by atoms with Crippen LogP contribution in [-0.4, -0.2) is 32.5 Å². The molecule has 2 unspecified atom stereocenters. The van der Waals surface area contributed by atoms with Crippen LogP contribution in [0.5, 0.6) is 23.1 Å². The summed E-state index contributed by atoms with van der Waals surface area (Å²) in [5, 5.41) is 31.1. The van der Waals surface area contributed by atoms with Gasteiger partial charge in [0.1, 0.15) is 29.5 Å². The van der Waals surface area contributed by atoms with Crippen LogP contribution in [0.25, 0.3) is 0 Å². The molecule has 0 saturated heterocycles. The summed E-state index contributed by atoms with van der Waals surface area (Å²) in [6.07, 6.45) is 0.700. The summed E-state index contributed by atoms with van der Waals surface area (Å²) < 4.78 is 12.5. The Balaban J connectivity index is 1.51. The third-order valence-electron chi connectivity index (χ3n) is 6.61. The largest absolute Gasteiger partial charge is 0.507 e. The number of aromatic hydroxyl groups is 2. The molecule has 3 aromatic rings. The molecule has 8 heteroatoms. The van der Waals surface area contributed by atoms with Crippen molar-refractivity contribution in [3.63, 3.8) is 0 Å². The van der Waals surface area contributed by atoms with E-state index >= 15 is 0 Å². The summed E-state index contributed by atoms with van der Waals surface area (Å²) >= 11 is 0.995. The van der Waals surface area contributed by atoms with Gasteiger partial charge in [0.15, 0.2) is 0 Å². The number of fused-ring (bicyclic) bond motifs is 1. The zero-order valence-electron chi connectivity index (χ0n) is 19.2. The van der Waals surface area contributed by atoms with Gasteiger partial charge in [0.25, 0.3) is 0 Å². The van der Waals surface area contributed by atoms with Gasteiger partial charge in [-0.05, 0) is 56.0 Å². The summed E-state index contributed by atoms with van der Waals surface area (Å²) in [4.78, 5) is 14.1. The number of hydrogen-bond acceptors (Lipinski definition) is 7. The minimum atomic E-state index is -0.758. The summed E-state index contributed by atoms with van der Waals surface area (Å²) in [6.45, 7) is 7.81. The molecule has 4 N–H and O–H groups in total. The Hall–Kier alpha value is -2.97. The van der Waals surface area contributed by atoms with Crippen LogP contribution in [0.15, 0.2) is 29.1 Å². The molecule has 0 spiro atoms. The number of rotatable bonds is 6. The number of nitrogens with one attached hydrogen (secondary N) is 1. The molecule has 0 saturated carbocycles. The van der Waals surface area contributed by atoms with Crippen molar-refractivity contribution in [1.29, 1.82) is 0 Å². The van der Waals surface area contributed by atoms with Crippen molar-refractivity contribution in [2.45, 2.75) is 58.7 Å². The van der Waals surface area contributed by atoms with Gasteiger partial charge in [-0.25, -0.2) is 0 Å². The highest BCUT2D eigenvalue weighted by atomic mass is 32.1. The van der Waals surface area contributed by atoms with E-state index in [4.69, 9.17) is 9.47 Å². The van der Waals surface area contributed by atoms with Crippen molar-refractivity contribution in [2.24, 2.45) is 0 Å². The molecule has 2 heterocycles. The number of thiazole rings is 1. The zero-order valence-corrected chi connectivity index (χ0v) is 20.0. The quantitative estimate of drug-likeness (QED) is 0.424. The predicted octanol–water partition coefficient (Wildman–Crippen LogP) is 4.41. The Morgan fingerprint density at radius 3 is 2.45 bits per heavy atom. The van der Waals surface area contributed by atoms with Crippen molar-refractivity contribution in [3.05, 3.63) is 66.6 Å². The van der Waals surface area contributed by atoms with Crippen molar-refractivity contribution >= 4 is 11.3 Å². The van der Waals surface area contributed by atoms with Gasteiger partial charge in [-0.15, -0.1) is 0 Å². The average molecular weight is 472 g/mol. The number of aliphatic hydroxyl groups excluding tert-OH is 1. The van der Waals surface area contributed by atoms with Crippen LogP contribution < -0.4 is 14.3 Å². The molecule has 33 heavy (non-hydrogen) atoms. The maximum absolute atomic E-state index is 11.4. The van der Waals surface area contributed by atoms with Crippen molar-refractivity contribution in [1.82, 2.24) is 4.98 Å². The molecule has 4 rings (SSSR count). The van der Waals surface area contributed by atoms with E-state index in [9.17, 15) is 20.1 Å². The van der Waals surface area contributed by atoms with Crippen molar-refractivity contribution < 1.29 is 24.8 Å². The van der Waals surface area contributed by atoms with E-state index in [0.29, 0.717) is 46.8 Å². The lowest BCUT2D eigenvalue weighted by molar-refractivity contribution is -0.0461. The molecule has 0 aliphatic carbocycles. The third-order valence-corrected chi connectivity index (χ3v) is 7.49. The van der Waals surface area contributed by atoms with Gasteiger partial charge in [-0.2, -0.15) is 0 Å². The second kappa shape index (κ2) is 8.76. The first-order chi connectivity index (χ1) is 15.6. The highest BCUT2D eigenvalue weighted by Crippen LogP contribution is 2.48. The highest BCUT2D eigenvalue weighted by Gasteiger charge is 2.42. The molecular weight excluding hydrogens is 442 g/mol. The number of aromatic nitrogens is 1. The Morgan fingerprint density at radius 1 is 1.15 bits per heavy atom. The smallest absolute Gasteiger partial charge is 0.307 e. The summed E-state index contributed by atoms with van der Waals surface area (Å²) in [5.41, 5.74) is 3.12. The molecule has 2 atom stereocenters. The highest BCUT2D eigenvalue weighted by molar-refractivity contribution is 7.09. The molecule has 0 radical (unpaired) electrons. The van der Waals surface area contributed by atoms with Crippen LogP contribution >= 0.6 is 11.3 Å². The monoisotopic (exact) mass is 471 g/mol. The van der Waals surface area contributed by atoms with Crippen molar-refractivity contribution in [3.8, 4) is 23.1 Å². The number of aliphatic hydroxyl groups is 1. The predicted molar refractivity (Wildman–Crippen MR) is 127 cm³/mol. The number of H-pyrrole nitrogens is 1. The molecule has 2 aromatic carbocycles. The van der Waals surface area contributed by atoms with E-state index in [1.165, 1.54) is 0 Å². The molecule has 0 bridgehead atoms. The molecule has 0 amide bonds. The fourth-order valence-electron chi connectivity index (χ4n) is 4.36. The van der Waals surface area contributed by atoms with Crippen molar-refractivity contribution in [2.75, 3.05) is 6.61 Å². The number of aromatic amines is 1. The van der Waals surface area contributed by atoms with Crippen LogP contribution in [0.4, 0.5) is 0 Å². The lowest BCUT2D eigenvalue weighted by Gasteiger charge is -2.41. The molecule has 1 aromatic heterocycles.